The van der Waals surface area contributed by atoms with Crippen LogP contribution >= 0.6 is 0 Å². The van der Waals surface area contributed by atoms with Gasteiger partial charge in [-0.25, -0.2) is 0 Å². The summed E-state index contributed by atoms with van der Waals surface area (Å²) in [7, 11) is 0. The van der Waals surface area contributed by atoms with Crippen LogP contribution in [0.3, 0.4) is 0 Å². The molecule has 0 amide bonds. The number of nitrogens with zero attached hydrogens (tertiary/aromatic N) is 2. The predicted octanol–water partition coefficient (Wildman–Crippen LogP) is 4.28. The van der Waals surface area contributed by atoms with E-state index in [-0.39, 0.29) is 72.9 Å². The Morgan fingerprint density at radius 1 is 0.696 bits per heavy atom. The second-order valence-corrected chi connectivity index (χ2v) is 19.0. The highest BCUT2D eigenvalue weighted by Gasteiger charge is 2.77. The number of ether oxygens (including phenoxy) is 4. The van der Waals surface area contributed by atoms with Crippen molar-refractivity contribution in [2.24, 2.45) is 11.8 Å². The minimum Gasteiger partial charge on any atom is -0.477 e. The van der Waals surface area contributed by atoms with Gasteiger partial charge in [-0.3, -0.25) is 29.0 Å². The van der Waals surface area contributed by atoms with Crippen LogP contribution in [0.15, 0.2) is 24.3 Å². The summed E-state index contributed by atoms with van der Waals surface area (Å²) in [6.45, 7) is 5.98. The first kappa shape index (κ1) is 34.2. The lowest BCUT2D eigenvalue weighted by molar-refractivity contribution is -0.186. The highest BCUT2D eigenvalue weighted by atomic mass is 16.6. The summed E-state index contributed by atoms with van der Waals surface area (Å²) in [5.74, 6) is 0.920. The van der Waals surface area contributed by atoms with E-state index in [0.717, 1.165) is 35.3 Å². The van der Waals surface area contributed by atoms with Gasteiger partial charge < -0.3 is 29.2 Å². The van der Waals surface area contributed by atoms with Crippen LogP contribution in [-0.2, 0) is 30.0 Å². The Labute approximate surface area is 324 Å². The molecule has 2 N–H and O–H groups in total. The smallest absolute Gasteiger partial charge is 0.311 e. The number of carbonyl (C=O) groups is 4. The molecule has 6 fully saturated rings. The van der Waals surface area contributed by atoms with Crippen molar-refractivity contribution >= 4 is 23.5 Å². The molecule has 10 atom stereocenters. The van der Waals surface area contributed by atoms with Crippen molar-refractivity contribution < 1.29 is 48.3 Å². The van der Waals surface area contributed by atoms with E-state index >= 15 is 0 Å². The van der Waals surface area contributed by atoms with E-state index in [2.05, 4.69) is 23.6 Å². The summed E-state index contributed by atoms with van der Waals surface area (Å²) in [5, 5.41) is 25.1. The maximum Gasteiger partial charge on any atom is 0.311 e. The number of fused-ring (bicyclic) bond motifs is 4. The Hall–Kier alpha value is -3.84. The second kappa shape index (κ2) is 11.0. The lowest BCUT2D eigenvalue weighted by atomic mass is 9.55. The van der Waals surface area contributed by atoms with Crippen LogP contribution in [0, 0.1) is 11.8 Å². The number of esters is 2. The zero-order valence-electron chi connectivity index (χ0n) is 31.9. The lowest BCUT2D eigenvalue weighted by Crippen LogP contribution is -2.72. The van der Waals surface area contributed by atoms with Crippen molar-refractivity contribution in [3.05, 3.63) is 46.5 Å². The predicted molar refractivity (Wildman–Crippen MR) is 196 cm³/mol. The molecule has 2 aromatic rings. The van der Waals surface area contributed by atoms with Crippen LogP contribution in [0.5, 0.6) is 23.0 Å². The number of rotatable bonds is 9. The maximum atomic E-state index is 13.5. The van der Waals surface area contributed by atoms with Gasteiger partial charge in [0.2, 0.25) is 0 Å². The molecule has 0 aromatic heterocycles. The summed E-state index contributed by atoms with van der Waals surface area (Å²) in [6.07, 6.45) is 4.89. The molecular formula is C44H48N2O10. The van der Waals surface area contributed by atoms with Crippen molar-refractivity contribution in [2.75, 3.05) is 13.1 Å². The summed E-state index contributed by atoms with van der Waals surface area (Å²) in [5.41, 5.74) is -0.474. The van der Waals surface area contributed by atoms with Gasteiger partial charge in [0.05, 0.1) is 34.9 Å². The van der Waals surface area contributed by atoms with Crippen molar-refractivity contribution in [3.8, 4) is 23.0 Å². The van der Waals surface area contributed by atoms with Gasteiger partial charge in [0.1, 0.15) is 0 Å². The first-order valence-corrected chi connectivity index (χ1v) is 21.0. The zero-order valence-corrected chi connectivity index (χ0v) is 31.9. The standard InChI is InChI=1S/C44H48N2O10/c1-21-43(51)15-13-29(47)39-41(43)17-27(45(21)19-23-3-4-23)25-7-9-31(37(55-39)35(25)41)53-33(49)11-12-34(50)54-32-10-8-26-28-18-42-36(26)38(32)56-40(42)30(48)14-16-44(42,52)22(2)46(28)20-24-5-6-24/h7-10,21-24,27-28,39-40,51-52H,3-6,11-20H2,1-2H3/t21?,22?,27?,28?,39-,40-,41-,42-,43+,44+/m0/s1. The van der Waals surface area contributed by atoms with E-state index in [9.17, 15) is 29.4 Å². The molecule has 4 bridgehead atoms. The first-order chi connectivity index (χ1) is 26.9. The summed E-state index contributed by atoms with van der Waals surface area (Å²) in [4.78, 5) is 58.6. The molecule has 2 saturated heterocycles. The minimum absolute atomic E-state index is 0.0411. The van der Waals surface area contributed by atoms with Crippen LogP contribution in [0.4, 0.5) is 0 Å². The lowest BCUT2D eigenvalue weighted by Gasteiger charge is -2.58. The van der Waals surface area contributed by atoms with E-state index in [1.165, 1.54) is 25.7 Å². The molecule has 4 saturated carbocycles. The van der Waals surface area contributed by atoms with Crippen LogP contribution < -0.4 is 18.9 Å². The fourth-order valence-corrected chi connectivity index (χ4v) is 13.4. The van der Waals surface area contributed by atoms with Crippen LogP contribution in [0.2, 0.25) is 0 Å². The molecule has 4 unspecified atom stereocenters. The van der Waals surface area contributed by atoms with E-state index in [1.807, 2.05) is 12.1 Å². The molecular weight excluding hydrogens is 716 g/mol. The summed E-state index contributed by atoms with van der Waals surface area (Å²) in [6, 6.07) is 7.10. The fourth-order valence-electron chi connectivity index (χ4n) is 13.4. The molecule has 2 spiro atoms. The summed E-state index contributed by atoms with van der Waals surface area (Å²) < 4.78 is 24.6. The SMILES string of the molecule is CC1N(CC2CC2)C2C[C@]34c5c2ccc(OC(=O)CCC(=O)Oc2ccc6c7c2O[C@H]2C(=O)CC[C@@]8(O)C(C)N(CC9CC9)C6C[C@]728)c5O[C@H]3C(=O)CC[C@@]14O. The first-order valence-electron chi connectivity index (χ1n) is 21.0. The number of piperidine rings is 2. The van der Waals surface area contributed by atoms with Gasteiger partial charge in [0.25, 0.3) is 0 Å². The Balaban J connectivity index is 0.793. The minimum atomic E-state index is -1.17. The Kier molecular flexibility index (Phi) is 6.72. The van der Waals surface area contributed by atoms with Crippen molar-refractivity contribution in [1.29, 1.82) is 0 Å². The molecule has 10 aliphatic rings. The van der Waals surface area contributed by atoms with E-state index in [1.54, 1.807) is 12.1 Å². The molecule has 12 heteroatoms. The highest BCUT2D eigenvalue weighted by Crippen LogP contribution is 2.72. The van der Waals surface area contributed by atoms with Crippen LogP contribution in [0.1, 0.15) is 125 Å². The van der Waals surface area contributed by atoms with E-state index < -0.39 is 46.2 Å². The van der Waals surface area contributed by atoms with Gasteiger partial charge in [-0.15, -0.1) is 0 Å². The number of hydrogen-bond acceptors (Lipinski definition) is 12. The number of aliphatic hydroxyl groups is 2. The zero-order chi connectivity index (χ0) is 38.3. The molecule has 12 nitrogen and oxygen atoms in total. The number of likely N-dealkylation sites (tertiary alicyclic amines) is 2. The quantitative estimate of drug-likeness (QED) is 0.277. The van der Waals surface area contributed by atoms with Gasteiger partial charge in [0, 0.05) is 61.2 Å². The number of benzene rings is 2. The maximum absolute atomic E-state index is 13.5. The Morgan fingerprint density at radius 2 is 1.11 bits per heavy atom. The third-order valence-electron chi connectivity index (χ3n) is 16.4. The topological polar surface area (TPSA) is 152 Å². The number of carbonyl (C=O) groups excluding carboxylic acids is 4. The molecule has 0 radical (unpaired) electrons. The molecule has 4 heterocycles. The van der Waals surface area contributed by atoms with Gasteiger partial charge in [-0.05, 0) is 100 Å². The summed E-state index contributed by atoms with van der Waals surface area (Å²) >= 11 is 0. The van der Waals surface area contributed by atoms with Gasteiger partial charge >= 0.3 is 11.9 Å². The average Bonchev–Trinajstić information content (AvgIpc) is 4.06. The van der Waals surface area contributed by atoms with E-state index in [4.69, 9.17) is 18.9 Å². The number of ketones is 2. The fraction of sp³-hybridized carbons (Fsp3) is 0.636. The third kappa shape index (κ3) is 4.04. The van der Waals surface area contributed by atoms with Crippen molar-refractivity contribution in [3.63, 3.8) is 0 Å². The third-order valence-corrected chi connectivity index (χ3v) is 16.4. The highest BCUT2D eigenvalue weighted by molar-refractivity contribution is 5.92. The second-order valence-electron chi connectivity index (χ2n) is 19.0. The number of hydrogen-bond donors (Lipinski definition) is 2. The average molecular weight is 765 g/mol. The Bertz CT molecular complexity index is 2030. The van der Waals surface area contributed by atoms with Crippen molar-refractivity contribution in [1.82, 2.24) is 9.80 Å². The van der Waals surface area contributed by atoms with Crippen LogP contribution in [0.25, 0.3) is 0 Å². The largest absolute Gasteiger partial charge is 0.477 e. The number of Topliss-reactive ketones (excluding diaryl/α,β-unsaturated/α-hetero) is 2. The molecule has 56 heavy (non-hydrogen) atoms. The van der Waals surface area contributed by atoms with Crippen LogP contribution in [-0.4, -0.2) is 92.1 Å². The normalized spacial score (nSPS) is 40.6. The molecule has 294 valence electrons. The van der Waals surface area contributed by atoms with Gasteiger partial charge in [-0.2, -0.15) is 0 Å². The monoisotopic (exact) mass is 764 g/mol. The van der Waals surface area contributed by atoms with E-state index in [0.29, 0.717) is 49.0 Å². The van der Waals surface area contributed by atoms with Crippen molar-refractivity contribution in [2.45, 2.75) is 149 Å². The molecule has 6 aliphatic carbocycles. The van der Waals surface area contributed by atoms with Gasteiger partial charge in [-0.1, -0.05) is 12.1 Å². The Morgan fingerprint density at radius 3 is 1.50 bits per heavy atom. The molecule has 4 aliphatic heterocycles. The van der Waals surface area contributed by atoms with Gasteiger partial charge in [0.15, 0.2) is 46.8 Å². The molecule has 2 aromatic carbocycles. The molecule has 12 rings (SSSR count).